The number of rotatable bonds is 5. The predicted molar refractivity (Wildman–Crippen MR) is 84.0 cm³/mol. The molecule has 0 aromatic carbocycles. The number of hydrogen-bond acceptors (Lipinski definition) is 1. The van der Waals surface area contributed by atoms with Gasteiger partial charge in [-0.1, -0.05) is 60.8 Å². The summed E-state index contributed by atoms with van der Waals surface area (Å²) in [6, 6.07) is 0. The van der Waals surface area contributed by atoms with Gasteiger partial charge in [-0.25, -0.2) is 0 Å². The van der Waals surface area contributed by atoms with E-state index in [-0.39, 0.29) is 0 Å². The highest BCUT2D eigenvalue weighted by atomic mass is 15.1. The zero-order chi connectivity index (χ0) is 14.0. The number of likely N-dealkylation sites (tertiary alicyclic amines) is 1. The van der Waals surface area contributed by atoms with Gasteiger partial charge in [0, 0.05) is 6.54 Å². The van der Waals surface area contributed by atoms with Crippen LogP contribution in [0.1, 0.15) is 73.6 Å². The summed E-state index contributed by atoms with van der Waals surface area (Å²) in [5, 5.41) is 0. The van der Waals surface area contributed by atoms with E-state index in [1.807, 2.05) is 0 Å². The van der Waals surface area contributed by atoms with Gasteiger partial charge in [-0.3, -0.25) is 0 Å². The van der Waals surface area contributed by atoms with Gasteiger partial charge >= 0.3 is 0 Å². The van der Waals surface area contributed by atoms with Crippen molar-refractivity contribution in [3.63, 3.8) is 0 Å². The summed E-state index contributed by atoms with van der Waals surface area (Å²) in [6.45, 7) is 17.6. The maximum absolute atomic E-state index is 2.68. The topological polar surface area (TPSA) is 3.24 Å². The maximum atomic E-state index is 2.68. The van der Waals surface area contributed by atoms with Crippen LogP contribution in [0.4, 0.5) is 0 Å². The molecule has 0 saturated carbocycles. The quantitative estimate of drug-likeness (QED) is 0.652. The molecule has 0 bridgehead atoms. The third-order valence-corrected chi connectivity index (χ3v) is 3.96. The van der Waals surface area contributed by atoms with Crippen LogP contribution in [0.25, 0.3) is 0 Å². The minimum Gasteiger partial charge on any atom is -0.303 e. The fourth-order valence-corrected chi connectivity index (χ4v) is 2.49. The Morgan fingerprint density at radius 2 is 1.39 bits per heavy atom. The van der Waals surface area contributed by atoms with Crippen molar-refractivity contribution in [1.29, 1.82) is 0 Å². The SMILES string of the molecule is CC(C)C.CCC1CCN(CC(CC)CC)CC1. The third kappa shape index (κ3) is 8.97. The molecule has 0 N–H and O–H groups in total. The van der Waals surface area contributed by atoms with Crippen LogP contribution in [0.5, 0.6) is 0 Å². The Bertz CT molecular complexity index is 162. The van der Waals surface area contributed by atoms with E-state index in [0.717, 1.165) is 17.8 Å². The molecule has 1 heteroatoms. The summed E-state index contributed by atoms with van der Waals surface area (Å²) < 4.78 is 0. The average molecular weight is 255 g/mol. The van der Waals surface area contributed by atoms with Gasteiger partial charge in [0.2, 0.25) is 0 Å². The maximum Gasteiger partial charge on any atom is 0.000946 e. The molecular formula is C17H37N. The van der Waals surface area contributed by atoms with E-state index >= 15 is 0 Å². The molecule has 1 nitrogen and oxygen atoms in total. The van der Waals surface area contributed by atoms with Gasteiger partial charge < -0.3 is 4.90 Å². The van der Waals surface area contributed by atoms with Crippen molar-refractivity contribution < 1.29 is 0 Å². The Morgan fingerprint density at radius 1 is 0.944 bits per heavy atom. The molecule has 1 fully saturated rings. The van der Waals surface area contributed by atoms with Crippen LogP contribution in [-0.4, -0.2) is 24.5 Å². The van der Waals surface area contributed by atoms with E-state index in [1.165, 1.54) is 51.7 Å². The Kier molecular flexibility index (Phi) is 10.8. The van der Waals surface area contributed by atoms with E-state index in [0.29, 0.717) is 0 Å². The van der Waals surface area contributed by atoms with Crippen molar-refractivity contribution in [2.75, 3.05) is 19.6 Å². The van der Waals surface area contributed by atoms with Crippen molar-refractivity contribution in [1.82, 2.24) is 4.90 Å². The van der Waals surface area contributed by atoms with Gasteiger partial charge in [-0.2, -0.15) is 0 Å². The van der Waals surface area contributed by atoms with Gasteiger partial charge in [0.05, 0.1) is 0 Å². The lowest BCUT2D eigenvalue weighted by Crippen LogP contribution is -2.36. The summed E-state index contributed by atoms with van der Waals surface area (Å²) in [5.41, 5.74) is 0. The molecule has 0 aromatic rings. The molecule has 0 amide bonds. The minimum absolute atomic E-state index is 0.833. The fraction of sp³-hybridized carbons (Fsp3) is 1.00. The molecular weight excluding hydrogens is 218 g/mol. The third-order valence-electron chi connectivity index (χ3n) is 3.96. The molecule has 18 heavy (non-hydrogen) atoms. The van der Waals surface area contributed by atoms with Gasteiger partial charge in [-0.15, -0.1) is 0 Å². The summed E-state index contributed by atoms with van der Waals surface area (Å²) >= 11 is 0. The molecule has 110 valence electrons. The molecule has 0 spiro atoms. The molecule has 0 unspecified atom stereocenters. The molecule has 1 heterocycles. The average Bonchev–Trinajstić information content (AvgIpc) is 2.36. The second-order valence-electron chi connectivity index (χ2n) is 6.57. The molecule has 1 rings (SSSR count). The number of nitrogens with zero attached hydrogens (tertiary/aromatic N) is 1. The van der Waals surface area contributed by atoms with Crippen molar-refractivity contribution in [3.05, 3.63) is 0 Å². The van der Waals surface area contributed by atoms with Crippen LogP contribution in [0, 0.1) is 17.8 Å². The highest BCUT2D eigenvalue weighted by Crippen LogP contribution is 2.21. The molecule has 0 radical (unpaired) electrons. The van der Waals surface area contributed by atoms with Crippen LogP contribution in [-0.2, 0) is 0 Å². The van der Waals surface area contributed by atoms with Gasteiger partial charge in [-0.05, 0) is 43.7 Å². The van der Waals surface area contributed by atoms with Crippen LogP contribution >= 0.6 is 0 Å². The minimum atomic E-state index is 0.833. The van der Waals surface area contributed by atoms with E-state index < -0.39 is 0 Å². The first-order chi connectivity index (χ1) is 8.53. The lowest BCUT2D eigenvalue weighted by molar-refractivity contribution is 0.155. The van der Waals surface area contributed by atoms with Crippen LogP contribution in [0.15, 0.2) is 0 Å². The molecule has 1 aliphatic rings. The molecule has 1 saturated heterocycles. The summed E-state index contributed by atoms with van der Waals surface area (Å²) in [4.78, 5) is 2.68. The Labute approximate surface area is 116 Å². The molecule has 0 aromatic heterocycles. The van der Waals surface area contributed by atoms with Crippen LogP contribution < -0.4 is 0 Å². The monoisotopic (exact) mass is 255 g/mol. The van der Waals surface area contributed by atoms with Crippen LogP contribution in [0.2, 0.25) is 0 Å². The summed E-state index contributed by atoms with van der Waals surface area (Å²) in [5.74, 6) is 2.79. The Balaban J connectivity index is 0.000000631. The van der Waals surface area contributed by atoms with E-state index in [4.69, 9.17) is 0 Å². The Morgan fingerprint density at radius 3 is 1.72 bits per heavy atom. The summed E-state index contributed by atoms with van der Waals surface area (Å²) in [6.07, 6.45) is 6.97. The van der Waals surface area contributed by atoms with E-state index in [2.05, 4.69) is 46.4 Å². The van der Waals surface area contributed by atoms with Gasteiger partial charge in [0.25, 0.3) is 0 Å². The zero-order valence-electron chi connectivity index (χ0n) is 13.8. The van der Waals surface area contributed by atoms with Crippen LogP contribution in [0.3, 0.4) is 0 Å². The van der Waals surface area contributed by atoms with Crippen molar-refractivity contribution in [2.24, 2.45) is 17.8 Å². The molecule has 0 atom stereocenters. The first-order valence-electron chi connectivity index (χ1n) is 8.25. The lowest BCUT2D eigenvalue weighted by Gasteiger charge is -2.33. The normalized spacial score (nSPS) is 18.0. The zero-order valence-corrected chi connectivity index (χ0v) is 13.8. The highest BCUT2D eigenvalue weighted by molar-refractivity contribution is 4.73. The van der Waals surface area contributed by atoms with Crippen molar-refractivity contribution in [3.8, 4) is 0 Å². The van der Waals surface area contributed by atoms with Crippen molar-refractivity contribution in [2.45, 2.75) is 73.6 Å². The summed E-state index contributed by atoms with van der Waals surface area (Å²) in [7, 11) is 0. The first kappa shape index (κ1) is 18.0. The second-order valence-corrected chi connectivity index (χ2v) is 6.57. The predicted octanol–water partition coefficient (Wildman–Crippen LogP) is 5.21. The van der Waals surface area contributed by atoms with Gasteiger partial charge in [0.1, 0.15) is 0 Å². The standard InChI is InChI=1S/C13H27N.C4H10/c1-4-12(5-2)11-14-9-7-13(6-3)8-10-14;1-4(2)3/h12-13H,4-11H2,1-3H3;4H,1-3H3. The molecule has 0 aliphatic carbocycles. The van der Waals surface area contributed by atoms with E-state index in [1.54, 1.807) is 0 Å². The van der Waals surface area contributed by atoms with Gasteiger partial charge in [0.15, 0.2) is 0 Å². The highest BCUT2D eigenvalue weighted by Gasteiger charge is 2.19. The van der Waals surface area contributed by atoms with Crippen molar-refractivity contribution >= 4 is 0 Å². The smallest absolute Gasteiger partial charge is 0.000946 e. The number of piperidine rings is 1. The lowest BCUT2D eigenvalue weighted by atomic mass is 9.93. The fourth-order valence-electron chi connectivity index (χ4n) is 2.49. The van der Waals surface area contributed by atoms with E-state index in [9.17, 15) is 0 Å². The first-order valence-corrected chi connectivity index (χ1v) is 8.25. The largest absolute Gasteiger partial charge is 0.303 e. The molecule has 1 aliphatic heterocycles. The Hall–Kier alpha value is -0.0400. The second kappa shape index (κ2) is 10.8. The number of hydrogen-bond donors (Lipinski definition) is 0.